The highest BCUT2D eigenvalue weighted by molar-refractivity contribution is 7.99. The molecule has 4 rings (SSSR count). The first-order valence-electron chi connectivity index (χ1n) is 11.2. The van der Waals surface area contributed by atoms with Gasteiger partial charge < -0.3 is 5.32 Å². The Labute approximate surface area is 208 Å². The molecule has 3 aromatic carbocycles. The molecular weight excluding hydrogens is 466 g/mol. The van der Waals surface area contributed by atoms with Gasteiger partial charge in [0.25, 0.3) is 5.56 Å². The molecule has 174 valence electrons. The third-order valence-corrected chi connectivity index (χ3v) is 7.28. The Morgan fingerprint density at radius 3 is 2.62 bits per heavy atom. The highest BCUT2D eigenvalue weighted by Crippen LogP contribution is 2.28. The first kappa shape index (κ1) is 24.0. The maximum atomic E-state index is 13.5. The molecule has 0 aliphatic rings. The molecule has 0 aliphatic heterocycles. The van der Waals surface area contributed by atoms with E-state index in [1.54, 1.807) is 28.8 Å². The molecule has 5 nitrogen and oxygen atoms in total. The molecule has 1 N–H and O–H groups in total. The molecule has 0 radical (unpaired) electrons. The van der Waals surface area contributed by atoms with Crippen molar-refractivity contribution in [1.82, 2.24) is 9.55 Å². The van der Waals surface area contributed by atoms with Crippen molar-refractivity contribution in [3.63, 3.8) is 0 Å². The third kappa shape index (κ3) is 4.88. The Hall–Kier alpha value is -3.09. The lowest BCUT2D eigenvalue weighted by atomic mass is 9.97. The van der Waals surface area contributed by atoms with Gasteiger partial charge in [-0.15, -0.1) is 0 Å². The van der Waals surface area contributed by atoms with Crippen LogP contribution in [-0.2, 0) is 4.79 Å². The number of carbonyl (C=O) groups is 1. The Balaban J connectivity index is 1.68. The normalized spacial score (nSPS) is 12.0. The fourth-order valence-electron chi connectivity index (χ4n) is 3.84. The van der Waals surface area contributed by atoms with E-state index in [0.29, 0.717) is 32.7 Å². The minimum Gasteiger partial charge on any atom is -0.325 e. The van der Waals surface area contributed by atoms with Crippen LogP contribution in [0, 0.1) is 6.92 Å². The molecule has 1 unspecified atom stereocenters. The minimum absolute atomic E-state index is 0.110. The van der Waals surface area contributed by atoms with Crippen LogP contribution in [0.15, 0.2) is 76.7 Å². The van der Waals surface area contributed by atoms with E-state index in [9.17, 15) is 9.59 Å². The van der Waals surface area contributed by atoms with Crippen molar-refractivity contribution in [2.45, 2.75) is 38.3 Å². The van der Waals surface area contributed by atoms with Gasteiger partial charge in [-0.2, -0.15) is 0 Å². The second kappa shape index (κ2) is 10.5. The molecule has 0 saturated heterocycles. The van der Waals surface area contributed by atoms with Crippen molar-refractivity contribution in [2.75, 3.05) is 11.1 Å². The molecule has 1 heterocycles. The zero-order chi connectivity index (χ0) is 24.2. The first-order valence-corrected chi connectivity index (χ1v) is 12.6. The summed E-state index contributed by atoms with van der Waals surface area (Å²) in [5.41, 5.74) is 3.75. The summed E-state index contributed by atoms with van der Waals surface area (Å²) in [6.07, 6.45) is 0.980. The zero-order valence-electron chi connectivity index (χ0n) is 19.3. The average Bonchev–Trinajstić information content (AvgIpc) is 2.85. The topological polar surface area (TPSA) is 64.0 Å². The minimum atomic E-state index is -0.194. The summed E-state index contributed by atoms with van der Waals surface area (Å²) in [4.78, 5) is 31.1. The molecule has 0 spiro atoms. The number of thioether (sulfide) groups is 1. The van der Waals surface area contributed by atoms with Gasteiger partial charge in [0.2, 0.25) is 5.91 Å². The van der Waals surface area contributed by atoms with Crippen molar-refractivity contribution in [2.24, 2.45) is 0 Å². The SMILES string of the molecule is CCC(C)c1ccccc1NC(=O)CSc1nc2ccccc2c(=O)n1-c1cccc(Cl)c1C. The Bertz CT molecular complexity index is 1420. The van der Waals surface area contributed by atoms with E-state index in [1.165, 1.54) is 11.8 Å². The van der Waals surface area contributed by atoms with E-state index in [4.69, 9.17) is 16.6 Å². The van der Waals surface area contributed by atoms with Gasteiger partial charge in [0.1, 0.15) is 0 Å². The molecule has 7 heteroatoms. The van der Waals surface area contributed by atoms with Gasteiger partial charge in [0.15, 0.2) is 5.16 Å². The van der Waals surface area contributed by atoms with E-state index in [-0.39, 0.29) is 17.2 Å². The molecule has 1 aromatic heterocycles. The molecule has 1 amide bonds. The summed E-state index contributed by atoms with van der Waals surface area (Å²) in [5.74, 6) is 0.291. The number of halogens is 1. The largest absolute Gasteiger partial charge is 0.325 e. The average molecular weight is 492 g/mol. The second-order valence-electron chi connectivity index (χ2n) is 8.17. The molecule has 0 aliphatic carbocycles. The number of hydrogen-bond donors (Lipinski definition) is 1. The number of carbonyl (C=O) groups excluding carboxylic acids is 1. The maximum Gasteiger partial charge on any atom is 0.266 e. The summed E-state index contributed by atoms with van der Waals surface area (Å²) in [6.45, 7) is 6.14. The smallest absolute Gasteiger partial charge is 0.266 e. The molecule has 0 bridgehead atoms. The number of para-hydroxylation sites is 2. The number of amides is 1. The number of nitrogens with zero attached hydrogens (tertiary/aromatic N) is 2. The number of benzene rings is 3. The van der Waals surface area contributed by atoms with Crippen molar-refractivity contribution < 1.29 is 4.79 Å². The van der Waals surface area contributed by atoms with E-state index >= 15 is 0 Å². The quantitative estimate of drug-likeness (QED) is 0.234. The van der Waals surface area contributed by atoms with Crippen LogP contribution in [0.5, 0.6) is 0 Å². The van der Waals surface area contributed by atoms with E-state index in [2.05, 4.69) is 19.2 Å². The highest BCUT2D eigenvalue weighted by atomic mass is 35.5. The number of fused-ring (bicyclic) bond motifs is 1. The standard InChI is InChI=1S/C27H26ClN3O2S/c1-4-17(2)19-10-5-7-13-22(19)29-25(32)16-34-27-30-23-14-8-6-11-20(23)26(33)31(27)24-15-9-12-21(28)18(24)3/h5-15,17H,4,16H2,1-3H3,(H,29,32). The van der Waals surface area contributed by atoms with Gasteiger partial charge in [-0.3, -0.25) is 14.2 Å². The van der Waals surface area contributed by atoms with Crippen molar-refractivity contribution in [3.8, 4) is 5.69 Å². The Kier molecular flexibility index (Phi) is 7.39. The number of anilines is 1. The monoisotopic (exact) mass is 491 g/mol. The maximum absolute atomic E-state index is 13.5. The molecule has 1 atom stereocenters. The first-order chi connectivity index (χ1) is 16.4. The van der Waals surface area contributed by atoms with Gasteiger partial charge in [0, 0.05) is 10.7 Å². The lowest BCUT2D eigenvalue weighted by Gasteiger charge is -2.17. The number of aromatic nitrogens is 2. The summed E-state index contributed by atoms with van der Waals surface area (Å²) in [5, 5.41) is 4.55. The van der Waals surface area contributed by atoms with Gasteiger partial charge >= 0.3 is 0 Å². The number of hydrogen-bond acceptors (Lipinski definition) is 4. The van der Waals surface area contributed by atoms with E-state index in [1.807, 2.05) is 49.4 Å². The molecule has 0 fully saturated rings. The van der Waals surface area contributed by atoms with Crippen LogP contribution in [-0.4, -0.2) is 21.2 Å². The lowest BCUT2D eigenvalue weighted by Crippen LogP contribution is -2.23. The number of nitrogens with one attached hydrogen (secondary N) is 1. The fourth-order valence-corrected chi connectivity index (χ4v) is 4.81. The van der Waals surface area contributed by atoms with Crippen LogP contribution in [0.3, 0.4) is 0 Å². The Morgan fingerprint density at radius 1 is 1.09 bits per heavy atom. The van der Waals surface area contributed by atoms with Crippen LogP contribution >= 0.6 is 23.4 Å². The highest BCUT2D eigenvalue weighted by Gasteiger charge is 2.18. The lowest BCUT2D eigenvalue weighted by molar-refractivity contribution is -0.113. The molecule has 4 aromatic rings. The van der Waals surface area contributed by atoms with Gasteiger partial charge in [-0.25, -0.2) is 4.98 Å². The summed E-state index contributed by atoms with van der Waals surface area (Å²) in [6, 6.07) is 20.5. The predicted molar refractivity (Wildman–Crippen MR) is 142 cm³/mol. The van der Waals surface area contributed by atoms with Crippen LogP contribution in [0.4, 0.5) is 5.69 Å². The molecule has 0 saturated carbocycles. The predicted octanol–water partition coefficient (Wildman–Crippen LogP) is 6.59. The zero-order valence-corrected chi connectivity index (χ0v) is 20.9. The van der Waals surface area contributed by atoms with Crippen LogP contribution < -0.4 is 10.9 Å². The molecule has 34 heavy (non-hydrogen) atoms. The van der Waals surface area contributed by atoms with E-state index < -0.39 is 0 Å². The van der Waals surface area contributed by atoms with Crippen LogP contribution in [0.1, 0.15) is 37.3 Å². The van der Waals surface area contributed by atoms with Crippen molar-refractivity contribution >= 4 is 45.9 Å². The van der Waals surface area contributed by atoms with Gasteiger partial charge in [0.05, 0.1) is 22.3 Å². The Morgan fingerprint density at radius 2 is 1.82 bits per heavy atom. The summed E-state index contributed by atoms with van der Waals surface area (Å²) in [7, 11) is 0. The molecular formula is C27H26ClN3O2S. The van der Waals surface area contributed by atoms with Gasteiger partial charge in [-0.05, 0) is 60.7 Å². The van der Waals surface area contributed by atoms with Gasteiger partial charge in [-0.1, -0.05) is 73.6 Å². The third-order valence-electron chi connectivity index (χ3n) is 5.94. The summed E-state index contributed by atoms with van der Waals surface area (Å²) < 4.78 is 1.55. The summed E-state index contributed by atoms with van der Waals surface area (Å²) >= 11 is 7.58. The number of rotatable bonds is 7. The fraction of sp³-hybridized carbons (Fsp3) is 0.222. The van der Waals surface area contributed by atoms with E-state index in [0.717, 1.165) is 23.2 Å². The van der Waals surface area contributed by atoms with Crippen LogP contribution in [0.2, 0.25) is 5.02 Å². The van der Waals surface area contributed by atoms with Crippen molar-refractivity contribution in [1.29, 1.82) is 0 Å². The second-order valence-corrected chi connectivity index (χ2v) is 9.52. The van der Waals surface area contributed by atoms with Crippen molar-refractivity contribution in [3.05, 3.63) is 93.2 Å². The van der Waals surface area contributed by atoms with Crippen LogP contribution in [0.25, 0.3) is 16.6 Å².